The van der Waals surface area contributed by atoms with Gasteiger partial charge in [-0.25, -0.2) is 4.79 Å². The Kier molecular flexibility index (Phi) is 3.74. The van der Waals surface area contributed by atoms with Crippen LogP contribution in [-0.4, -0.2) is 15.6 Å². The van der Waals surface area contributed by atoms with Crippen LogP contribution in [0.2, 0.25) is 0 Å². The molecule has 4 nitrogen and oxygen atoms in total. The molecule has 1 N–H and O–H groups in total. The summed E-state index contributed by atoms with van der Waals surface area (Å²) in [6.45, 7) is 8.03. The summed E-state index contributed by atoms with van der Waals surface area (Å²) in [7, 11) is 0. The lowest BCUT2D eigenvalue weighted by atomic mass is 10.1. The van der Waals surface area contributed by atoms with Gasteiger partial charge in [-0.1, -0.05) is 0 Å². The van der Waals surface area contributed by atoms with E-state index in [0.717, 1.165) is 17.0 Å². The maximum absolute atomic E-state index is 10.8. The standard InChI is InChI=1S/C13H16N2O2/c1-8(2)15-9(3)5-11(10(15)4)6-12(7-14)13(16)17/h5-6,8H,1-4H3,(H,16,17)/b12-6+. The average molecular weight is 232 g/mol. The molecule has 1 heterocycles. The molecule has 0 aliphatic rings. The van der Waals surface area contributed by atoms with E-state index in [4.69, 9.17) is 10.4 Å². The predicted octanol–water partition coefficient (Wildman–Crippen LogP) is 2.68. The third-order valence-electron chi connectivity index (χ3n) is 2.69. The van der Waals surface area contributed by atoms with E-state index in [9.17, 15) is 4.79 Å². The number of nitriles is 1. The second kappa shape index (κ2) is 4.88. The zero-order valence-corrected chi connectivity index (χ0v) is 10.5. The van der Waals surface area contributed by atoms with Gasteiger partial charge in [-0.2, -0.15) is 5.26 Å². The molecule has 1 rings (SSSR count). The van der Waals surface area contributed by atoms with Crippen LogP contribution in [0.3, 0.4) is 0 Å². The number of nitrogens with zero attached hydrogens (tertiary/aromatic N) is 2. The van der Waals surface area contributed by atoms with Crippen LogP contribution in [0.15, 0.2) is 11.6 Å². The molecule has 0 unspecified atom stereocenters. The first-order chi connectivity index (χ1) is 7.88. The van der Waals surface area contributed by atoms with Crippen LogP contribution in [-0.2, 0) is 4.79 Å². The first kappa shape index (κ1) is 13.0. The number of carboxylic acid groups (broad SMARTS) is 1. The van der Waals surface area contributed by atoms with Gasteiger partial charge >= 0.3 is 5.97 Å². The summed E-state index contributed by atoms with van der Waals surface area (Å²) >= 11 is 0. The first-order valence-corrected chi connectivity index (χ1v) is 5.42. The van der Waals surface area contributed by atoms with Gasteiger partial charge in [0.15, 0.2) is 0 Å². The Morgan fingerprint density at radius 2 is 2.12 bits per heavy atom. The number of carbonyl (C=O) groups is 1. The summed E-state index contributed by atoms with van der Waals surface area (Å²) in [6.07, 6.45) is 1.42. The number of hydrogen-bond acceptors (Lipinski definition) is 2. The fraction of sp³-hybridized carbons (Fsp3) is 0.385. The molecule has 1 aromatic heterocycles. The minimum Gasteiger partial charge on any atom is -0.477 e. The SMILES string of the molecule is Cc1cc(/C=C(\C#N)C(=O)O)c(C)n1C(C)C. The van der Waals surface area contributed by atoms with Crippen molar-refractivity contribution in [2.75, 3.05) is 0 Å². The van der Waals surface area contributed by atoms with Crippen molar-refractivity contribution in [1.82, 2.24) is 4.57 Å². The summed E-state index contributed by atoms with van der Waals surface area (Å²) in [6, 6.07) is 3.90. The van der Waals surface area contributed by atoms with Gasteiger partial charge in [0, 0.05) is 17.4 Å². The van der Waals surface area contributed by atoms with Crippen molar-refractivity contribution in [3.63, 3.8) is 0 Å². The number of carboxylic acids is 1. The van der Waals surface area contributed by atoms with Crippen molar-refractivity contribution in [3.05, 3.63) is 28.6 Å². The van der Waals surface area contributed by atoms with Crippen LogP contribution < -0.4 is 0 Å². The number of hydrogen-bond donors (Lipinski definition) is 1. The van der Waals surface area contributed by atoms with E-state index in [1.54, 1.807) is 6.07 Å². The molecule has 0 aliphatic carbocycles. The fourth-order valence-corrected chi connectivity index (χ4v) is 2.04. The van der Waals surface area contributed by atoms with Gasteiger partial charge < -0.3 is 9.67 Å². The Hall–Kier alpha value is -2.02. The summed E-state index contributed by atoms with van der Waals surface area (Å²) in [5.41, 5.74) is 2.59. The number of rotatable bonds is 3. The van der Waals surface area contributed by atoms with Gasteiger partial charge in [0.1, 0.15) is 11.6 Å². The van der Waals surface area contributed by atoms with Crippen molar-refractivity contribution >= 4 is 12.0 Å². The molecule has 0 bridgehead atoms. The van der Waals surface area contributed by atoms with E-state index in [-0.39, 0.29) is 5.57 Å². The van der Waals surface area contributed by atoms with Crippen molar-refractivity contribution in [3.8, 4) is 6.07 Å². The fourth-order valence-electron chi connectivity index (χ4n) is 2.04. The zero-order valence-electron chi connectivity index (χ0n) is 10.5. The Labute approximate surface area is 101 Å². The maximum atomic E-state index is 10.8. The Balaban J connectivity index is 3.32. The second-order valence-electron chi connectivity index (χ2n) is 4.27. The van der Waals surface area contributed by atoms with Gasteiger partial charge in [0.05, 0.1) is 0 Å². The van der Waals surface area contributed by atoms with Crippen molar-refractivity contribution < 1.29 is 9.90 Å². The smallest absolute Gasteiger partial charge is 0.346 e. The van der Waals surface area contributed by atoms with E-state index in [1.165, 1.54) is 6.08 Å². The molecule has 17 heavy (non-hydrogen) atoms. The normalized spacial score (nSPS) is 11.6. The summed E-state index contributed by atoms with van der Waals surface area (Å²) < 4.78 is 2.11. The van der Waals surface area contributed by atoms with Gasteiger partial charge in [0.2, 0.25) is 0 Å². The van der Waals surface area contributed by atoms with E-state index in [1.807, 2.05) is 19.9 Å². The summed E-state index contributed by atoms with van der Waals surface area (Å²) in [5, 5.41) is 17.5. The zero-order chi connectivity index (χ0) is 13.2. The Morgan fingerprint density at radius 1 is 1.53 bits per heavy atom. The van der Waals surface area contributed by atoms with Crippen molar-refractivity contribution in [1.29, 1.82) is 5.26 Å². The minimum absolute atomic E-state index is 0.242. The van der Waals surface area contributed by atoms with Crippen molar-refractivity contribution in [2.45, 2.75) is 33.7 Å². The monoisotopic (exact) mass is 232 g/mol. The molecule has 0 fully saturated rings. The second-order valence-corrected chi connectivity index (χ2v) is 4.27. The lowest BCUT2D eigenvalue weighted by Crippen LogP contribution is -2.04. The van der Waals surface area contributed by atoms with Gasteiger partial charge in [0.25, 0.3) is 0 Å². The van der Waals surface area contributed by atoms with Crippen LogP contribution >= 0.6 is 0 Å². The molecule has 0 aromatic carbocycles. The number of aromatic nitrogens is 1. The predicted molar refractivity (Wildman–Crippen MR) is 65.5 cm³/mol. The van der Waals surface area contributed by atoms with Crippen LogP contribution in [0.5, 0.6) is 0 Å². The molecule has 1 aromatic rings. The van der Waals surface area contributed by atoms with Crippen molar-refractivity contribution in [2.24, 2.45) is 0 Å². The quantitative estimate of drug-likeness (QED) is 0.643. The number of aryl methyl sites for hydroxylation is 1. The highest BCUT2D eigenvalue weighted by atomic mass is 16.4. The topological polar surface area (TPSA) is 66.0 Å². The summed E-state index contributed by atoms with van der Waals surface area (Å²) in [4.78, 5) is 10.8. The molecule has 0 aliphatic heterocycles. The third-order valence-corrected chi connectivity index (χ3v) is 2.69. The van der Waals surface area contributed by atoms with Crippen LogP contribution in [0.4, 0.5) is 0 Å². The molecule has 4 heteroatoms. The molecule has 0 amide bonds. The Morgan fingerprint density at radius 3 is 2.47 bits per heavy atom. The van der Waals surface area contributed by atoms with E-state index in [2.05, 4.69) is 18.4 Å². The lowest BCUT2D eigenvalue weighted by molar-refractivity contribution is -0.132. The third kappa shape index (κ3) is 2.56. The highest BCUT2D eigenvalue weighted by Crippen LogP contribution is 2.22. The van der Waals surface area contributed by atoms with E-state index < -0.39 is 5.97 Å². The Bertz CT molecular complexity index is 516. The van der Waals surface area contributed by atoms with Crippen LogP contribution in [0, 0.1) is 25.2 Å². The summed E-state index contributed by atoms with van der Waals surface area (Å²) in [5.74, 6) is -1.19. The molecule has 0 atom stereocenters. The molecule has 90 valence electrons. The first-order valence-electron chi connectivity index (χ1n) is 5.42. The maximum Gasteiger partial charge on any atom is 0.346 e. The minimum atomic E-state index is -1.19. The van der Waals surface area contributed by atoms with Gasteiger partial charge in [-0.05, 0) is 45.4 Å². The molecule has 0 radical (unpaired) electrons. The molecule has 0 saturated carbocycles. The highest BCUT2D eigenvalue weighted by molar-refractivity contribution is 5.96. The van der Waals surface area contributed by atoms with Gasteiger partial charge in [-0.15, -0.1) is 0 Å². The number of aliphatic carboxylic acids is 1. The largest absolute Gasteiger partial charge is 0.477 e. The highest BCUT2D eigenvalue weighted by Gasteiger charge is 2.12. The van der Waals surface area contributed by atoms with Crippen LogP contribution in [0.25, 0.3) is 6.08 Å². The van der Waals surface area contributed by atoms with Gasteiger partial charge in [-0.3, -0.25) is 0 Å². The van der Waals surface area contributed by atoms with E-state index in [0.29, 0.717) is 6.04 Å². The average Bonchev–Trinajstić information content (AvgIpc) is 2.49. The molecule has 0 saturated heterocycles. The van der Waals surface area contributed by atoms with E-state index >= 15 is 0 Å². The molecular weight excluding hydrogens is 216 g/mol. The lowest BCUT2D eigenvalue weighted by Gasteiger charge is -2.13. The van der Waals surface area contributed by atoms with Crippen LogP contribution in [0.1, 0.15) is 36.8 Å². The molecular formula is C13H16N2O2. The molecule has 0 spiro atoms.